The fraction of sp³-hybridized carbons (Fsp3) is 0.400. The van der Waals surface area contributed by atoms with Crippen molar-refractivity contribution < 1.29 is 14.0 Å². The molecule has 0 aliphatic carbocycles. The van der Waals surface area contributed by atoms with Crippen LogP contribution in [0.15, 0.2) is 35.3 Å². The van der Waals surface area contributed by atoms with E-state index in [1.165, 1.54) is 24.4 Å². The van der Waals surface area contributed by atoms with Crippen LogP contribution < -0.4 is 5.56 Å². The van der Waals surface area contributed by atoms with E-state index in [0.717, 1.165) is 19.4 Å². The summed E-state index contributed by atoms with van der Waals surface area (Å²) < 4.78 is 16.3. The molecule has 2 fully saturated rings. The summed E-state index contributed by atoms with van der Waals surface area (Å²) in [5.41, 5.74) is 1.25. The maximum absolute atomic E-state index is 14.7. The number of aromatic amines is 1. The van der Waals surface area contributed by atoms with E-state index in [9.17, 15) is 18.8 Å². The van der Waals surface area contributed by atoms with Crippen LogP contribution in [0.5, 0.6) is 0 Å². The normalized spacial score (nSPS) is 18.8. The highest BCUT2D eigenvalue weighted by atomic mass is 35.5. The summed E-state index contributed by atoms with van der Waals surface area (Å²) in [6.45, 7) is 2.47. The summed E-state index contributed by atoms with van der Waals surface area (Å²) >= 11 is 12.4. The number of likely N-dealkylation sites (tertiary alicyclic amines) is 1. The van der Waals surface area contributed by atoms with Gasteiger partial charge in [-0.05, 0) is 50.2 Å². The monoisotopic (exact) mass is 533 g/mol. The van der Waals surface area contributed by atoms with E-state index in [2.05, 4.69) is 9.88 Å². The number of carbonyl (C=O) groups excluding carboxylic acids is 2. The van der Waals surface area contributed by atoms with Crippen molar-refractivity contribution >= 4 is 40.5 Å². The number of H-pyrrole nitrogens is 1. The summed E-state index contributed by atoms with van der Waals surface area (Å²) in [5, 5.41) is 0.462. The highest BCUT2D eigenvalue weighted by Gasteiger charge is 2.34. The maximum Gasteiger partial charge on any atom is 0.272 e. The van der Waals surface area contributed by atoms with Gasteiger partial charge >= 0.3 is 0 Å². The van der Waals surface area contributed by atoms with Gasteiger partial charge in [-0.2, -0.15) is 0 Å². The molecule has 0 unspecified atom stereocenters. The van der Waals surface area contributed by atoms with Gasteiger partial charge in [0.25, 0.3) is 11.5 Å². The molecule has 5 rings (SSSR count). The Morgan fingerprint density at radius 2 is 1.81 bits per heavy atom. The topological polar surface area (TPSA) is 81.1 Å². The van der Waals surface area contributed by atoms with E-state index in [-0.39, 0.29) is 39.7 Å². The Morgan fingerprint density at radius 1 is 1.08 bits per heavy atom. The Hall–Kier alpha value is -2.88. The zero-order valence-corrected chi connectivity index (χ0v) is 21.3. The van der Waals surface area contributed by atoms with Gasteiger partial charge in [0.2, 0.25) is 5.91 Å². The van der Waals surface area contributed by atoms with E-state index in [1.807, 2.05) is 7.05 Å². The number of piperazine rings is 1. The second-order valence-corrected chi connectivity index (χ2v) is 10.1. The molecule has 0 spiro atoms. The summed E-state index contributed by atoms with van der Waals surface area (Å²) in [6, 6.07) is 5.78. The number of carbonyl (C=O) groups is 2. The number of aromatic nitrogens is 2. The number of rotatable bonds is 4. The molecule has 190 valence electrons. The van der Waals surface area contributed by atoms with E-state index in [0.29, 0.717) is 43.0 Å². The van der Waals surface area contributed by atoms with E-state index >= 15 is 0 Å². The lowest BCUT2D eigenvalue weighted by atomic mass is 10.0. The van der Waals surface area contributed by atoms with Crippen molar-refractivity contribution in [1.82, 2.24) is 24.1 Å². The minimum Gasteiger partial charge on any atom is -0.338 e. The molecule has 1 aromatic carbocycles. The van der Waals surface area contributed by atoms with Crippen LogP contribution in [0.25, 0.3) is 5.52 Å². The van der Waals surface area contributed by atoms with Crippen LogP contribution in [-0.2, 0) is 11.2 Å². The molecular weight excluding hydrogens is 508 g/mol. The van der Waals surface area contributed by atoms with Crippen LogP contribution in [-0.4, -0.2) is 81.7 Å². The molecule has 11 heteroatoms. The lowest BCUT2D eigenvalue weighted by Gasteiger charge is -2.37. The zero-order chi connectivity index (χ0) is 25.6. The largest absolute Gasteiger partial charge is 0.338 e. The predicted molar refractivity (Wildman–Crippen MR) is 135 cm³/mol. The number of amides is 2. The van der Waals surface area contributed by atoms with Gasteiger partial charge in [-0.15, -0.1) is 0 Å². The van der Waals surface area contributed by atoms with Gasteiger partial charge in [-0.1, -0.05) is 29.3 Å². The number of benzene rings is 1. The van der Waals surface area contributed by atoms with Gasteiger partial charge < -0.3 is 14.8 Å². The molecule has 36 heavy (non-hydrogen) atoms. The summed E-state index contributed by atoms with van der Waals surface area (Å²) in [6.07, 6.45) is 3.68. The number of nitrogens with one attached hydrogen (secondary N) is 1. The number of nitrogens with zero attached hydrogens (tertiary/aromatic N) is 4. The number of hydrogen-bond donors (Lipinski definition) is 1. The van der Waals surface area contributed by atoms with E-state index in [1.54, 1.807) is 20.3 Å². The lowest BCUT2D eigenvalue weighted by Crippen LogP contribution is -2.54. The van der Waals surface area contributed by atoms with Crippen molar-refractivity contribution in [2.75, 3.05) is 39.8 Å². The second kappa shape index (κ2) is 9.88. The van der Waals surface area contributed by atoms with Crippen LogP contribution >= 0.6 is 23.2 Å². The van der Waals surface area contributed by atoms with Crippen LogP contribution in [0, 0.1) is 5.82 Å². The first-order valence-corrected chi connectivity index (χ1v) is 12.6. The molecule has 2 amide bonds. The second-order valence-electron chi connectivity index (χ2n) is 9.36. The first-order valence-electron chi connectivity index (χ1n) is 11.9. The van der Waals surface area contributed by atoms with Crippen LogP contribution in [0.1, 0.15) is 34.5 Å². The fourth-order valence-corrected chi connectivity index (χ4v) is 5.55. The Labute approximate surface area is 217 Å². The van der Waals surface area contributed by atoms with Crippen LogP contribution in [0.4, 0.5) is 4.39 Å². The van der Waals surface area contributed by atoms with Gasteiger partial charge in [0, 0.05) is 44.5 Å². The van der Waals surface area contributed by atoms with Crippen molar-refractivity contribution in [2.24, 2.45) is 0 Å². The molecule has 3 aromatic rings. The Kier molecular flexibility index (Phi) is 6.80. The quantitative estimate of drug-likeness (QED) is 0.558. The number of likely N-dealkylation sites (N-methyl/N-ethyl adjacent to an activating group) is 1. The van der Waals surface area contributed by atoms with E-state index in [4.69, 9.17) is 23.2 Å². The summed E-state index contributed by atoms with van der Waals surface area (Å²) in [4.78, 5) is 46.3. The minimum atomic E-state index is -0.608. The lowest BCUT2D eigenvalue weighted by molar-refractivity contribution is -0.137. The highest BCUT2D eigenvalue weighted by Crippen LogP contribution is 2.27. The Balaban J connectivity index is 1.32. The molecule has 2 saturated heterocycles. The molecule has 2 aliphatic rings. The standard InChI is InChI=1S/C25H26Cl2FN5O3/c1-30-6-2-3-20(30)25(36)32-9-7-31(8-10-32)24(35)17-12-15(4-5-19(17)28)11-16-14-29-23(34)21-13-18(26)22(27)33(16)21/h4-5,12-14,20H,2-3,6-11H2,1H3,(H,29,34)/t20-/m0/s1. The zero-order valence-electron chi connectivity index (χ0n) is 19.8. The SMILES string of the molecule is CN1CCC[C@H]1C(=O)N1CCN(C(=O)c2cc(Cc3c[nH]c(=O)c4cc(Cl)c(Cl)n34)ccc2F)CC1. The number of halogens is 3. The van der Waals surface area contributed by atoms with Gasteiger partial charge in [0.1, 0.15) is 16.5 Å². The van der Waals surface area contributed by atoms with Crippen LogP contribution in [0.3, 0.4) is 0 Å². The van der Waals surface area contributed by atoms with Gasteiger partial charge in [-0.25, -0.2) is 4.39 Å². The molecule has 0 saturated carbocycles. The Bertz CT molecular complexity index is 1400. The maximum atomic E-state index is 14.7. The summed E-state index contributed by atoms with van der Waals surface area (Å²) in [7, 11) is 1.96. The van der Waals surface area contributed by atoms with Crippen LogP contribution in [0.2, 0.25) is 10.2 Å². The van der Waals surface area contributed by atoms with Gasteiger partial charge in [0.15, 0.2) is 0 Å². The van der Waals surface area contributed by atoms with Crippen molar-refractivity contribution in [2.45, 2.75) is 25.3 Å². The summed E-state index contributed by atoms with van der Waals surface area (Å²) in [5.74, 6) is -0.914. The first-order chi connectivity index (χ1) is 17.2. The average Bonchev–Trinajstić information content (AvgIpc) is 3.44. The third-order valence-electron chi connectivity index (χ3n) is 7.12. The smallest absolute Gasteiger partial charge is 0.272 e. The molecule has 2 aliphatic heterocycles. The molecule has 1 atom stereocenters. The van der Waals surface area contributed by atoms with Gasteiger partial charge in [-0.3, -0.25) is 23.7 Å². The molecule has 8 nitrogen and oxygen atoms in total. The predicted octanol–water partition coefficient (Wildman–Crippen LogP) is 3.04. The minimum absolute atomic E-state index is 0.0277. The van der Waals surface area contributed by atoms with Crippen molar-refractivity contribution in [1.29, 1.82) is 0 Å². The van der Waals surface area contributed by atoms with Crippen molar-refractivity contribution in [3.05, 3.63) is 73.6 Å². The highest BCUT2D eigenvalue weighted by molar-refractivity contribution is 6.42. The third kappa shape index (κ3) is 4.51. The Morgan fingerprint density at radius 3 is 2.50 bits per heavy atom. The molecule has 2 aromatic heterocycles. The molecular formula is C25H26Cl2FN5O3. The molecule has 4 heterocycles. The third-order valence-corrected chi connectivity index (χ3v) is 7.88. The van der Waals surface area contributed by atoms with Gasteiger partial charge in [0.05, 0.1) is 16.6 Å². The molecule has 0 bridgehead atoms. The molecule has 1 N–H and O–H groups in total. The first kappa shape index (κ1) is 24.8. The van der Waals surface area contributed by atoms with E-state index < -0.39 is 11.7 Å². The fourth-order valence-electron chi connectivity index (χ4n) is 5.11. The van der Waals surface area contributed by atoms with Crippen molar-refractivity contribution in [3.63, 3.8) is 0 Å². The molecule has 0 radical (unpaired) electrons. The van der Waals surface area contributed by atoms with Crippen molar-refractivity contribution in [3.8, 4) is 0 Å². The number of hydrogen-bond acceptors (Lipinski definition) is 4. The average molecular weight is 534 g/mol. The number of fused-ring (bicyclic) bond motifs is 1.